The summed E-state index contributed by atoms with van der Waals surface area (Å²) in [6.45, 7) is 2.75. The van der Waals surface area contributed by atoms with Crippen molar-refractivity contribution in [2.45, 2.75) is 6.92 Å². The van der Waals surface area contributed by atoms with Gasteiger partial charge in [0.15, 0.2) is 0 Å². The highest BCUT2D eigenvalue weighted by Gasteiger charge is 2.11. The van der Waals surface area contributed by atoms with Gasteiger partial charge >= 0.3 is 0 Å². The summed E-state index contributed by atoms with van der Waals surface area (Å²) >= 11 is 6.03. The zero-order valence-corrected chi connectivity index (χ0v) is 11.4. The van der Waals surface area contributed by atoms with Crippen LogP contribution in [0.15, 0.2) is 48.5 Å². The first-order valence-corrected chi connectivity index (χ1v) is 6.49. The van der Waals surface area contributed by atoms with Crippen LogP contribution in [0.5, 0.6) is 0 Å². The van der Waals surface area contributed by atoms with E-state index < -0.39 is 0 Å². The topological polar surface area (TPSA) is 41.1 Å². The van der Waals surface area contributed by atoms with Crippen molar-refractivity contribution in [3.05, 3.63) is 59.1 Å². The summed E-state index contributed by atoms with van der Waals surface area (Å²) in [5.41, 5.74) is 2.03. The molecule has 1 amide bonds. The summed E-state index contributed by atoms with van der Waals surface area (Å²) in [5, 5.41) is 6.50. The van der Waals surface area contributed by atoms with Crippen LogP contribution in [-0.4, -0.2) is 12.5 Å². The van der Waals surface area contributed by atoms with Crippen molar-refractivity contribution in [2.24, 2.45) is 0 Å². The lowest BCUT2D eigenvalue weighted by Crippen LogP contribution is -2.14. The van der Waals surface area contributed by atoms with Crippen LogP contribution in [-0.2, 0) is 0 Å². The second kappa shape index (κ2) is 6.25. The van der Waals surface area contributed by atoms with Crippen LogP contribution in [0.2, 0.25) is 5.02 Å². The molecule has 0 unspecified atom stereocenters. The number of rotatable bonds is 4. The Hall–Kier alpha value is -2.00. The highest BCUT2D eigenvalue weighted by Crippen LogP contribution is 2.22. The van der Waals surface area contributed by atoms with Gasteiger partial charge in [0.05, 0.1) is 16.3 Å². The number of benzene rings is 2. The normalized spacial score (nSPS) is 10.0. The molecular formula is C15H15ClN2O. The third-order valence-corrected chi connectivity index (χ3v) is 2.99. The lowest BCUT2D eigenvalue weighted by molar-refractivity contribution is 0.102. The molecule has 0 aliphatic heterocycles. The second-order valence-electron chi connectivity index (χ2n) is 4.01. The molecule has 0 fully saturated rings. The molecule has 0 saturated heterocycles. The molecule has 98 valence electrons. The van der Waals surface area contributed by atoms with Gasteiger partial charge in [0, 0.05) is 12.2 Å². The van der Waals surface area contributed by atoms with Gasteiger partial charge in [-0.25, -0.2) is 0 Å². The maximum atomic E-state index is 12.3. The minimum Gasteiger partial charge on any atom is -0.385 e. The zero-order valence-electron chi connectivity index (χ0n) is 10.6. The van der Waals surface area contributed by atoms with Crippen LogP contribution in [0.1, 0.15) is 17.3 Å². The fourth-order valence-electron chi connectivity index (χ4n) is 1.78. The predicted octanol–water partition coefficient (Wildman–Crippen LogP) is 4.02. The van der Waals surface area contributed by atoms with Crippen LogP contribution in [0.25, 0.3) is 0 Å². The first-order valence-electron chi connectivity index (χ1n) is 6.11. The Morgan fingerprint density at radius 1 is 1.05 bits per heavy atom. The molecule has 0 spiro atoms. The number of anilines is 2. The Balaban J connectivity index is 2.23. The van der Waals surface area contributed by atoms with Gasteiger partial charge in [0.2, 0.25) is 0 Å². The van der Waals surface area contributed by atoms with Crippen molar-refractivity contribution in [1.29, 1.82) is 0 Å². The SMILES string of the molecule is CCNc1ccccc1C(=O)Nc1ccccc1Cl. The molecule has 0 bridgehead atoms. The maximum Gasteiger partial charge on any atom is 0.257 e. The molecule has 2 aromatic carbocycles. The second-order valence-corrected chi connectivity index (χ2v) is 4.42. The fraction of sp³-hybridized carbons (Fsp3) is 0.133. The molecule has 0 atom stereocenters. The van der Waals surface area contributed by atoms with E-state index in [1.165, 1.54) is 0 Å². The van der Waals surface area contributed by atoms with Gasteiger partial charge < -0.3 is 10.6 Å². The van der Waals surface area contributed by atoms with Crippen molar-refractivity contribution in [3.63, 3.8) is 0 Å². The van der Waals surface area contributed by atoms with E-state index in [0.29, 0.717) is 16.3 Å². The number of carbonyl (C=O) groups is 1. The molecular weight excluding hydrogens is 260 g/mol. The van der Waals surface area contributed by atoms with E-state index in [4.69, 9.17) is 11.6 Å². The Labute approximate surface area is 117 Å². The van der Waals surface area contributed by atoms with Gasteiger partial charge in [-0.1, -0.05) is 35.9 Å². The minimum atomic E-state index is -0.176. The quantitative estimate of drug-likeness (QED) is 0.884. The van der Waals surface area contributed by atoms with E-state index in [2.05, 4.69) is 10.6 Å². The predicted molar refractivity (Wildman–Crippen MR) is 80.0 cm³/mol. The molecule has 4 heteroatoms. The van der Waals surface area contributed by atoms with E-state index in [-0.39, 0.29) is 5.91 Å². The molecule has 2 rings (SSSR count). The minimum absolute atomic E-state index is 0.176. The highest BCUT2D eigenvalue weighted by atomic mass is 35.5. The average Bonchev–Trinajstić information content (AvgIpc) is 2.42. The lowest BCUT2D eigenvalue weighted by atomic mass is 10.1. The molecule has 0 aromatic heterocycles. The molecule has 3 nitrogen and oxygen atoms in total. The first-order chi connectivity index (χ1) is 9.22. The van der Waals surface area contributed by atoms with E-state index in [9.17, 15) is 4.79 Å². The molecule has 0 radical (unpaired) electrons. The molecule has 0 aliphatic rings. The van der Waals surface area contributed by atoms with Gasteiger partial charge in [-0.2, -0.15) is 0 Å². The van der Waals surface area contributed by atoms with Crippen molar-refractivity contribution >= 4 is 28.9 Å². The Morgan fingerprint density at radius 2 is 1.68 bits per heavy atom. The van der Waals surface area contributed by atoms with E-state index in [1.807, 2.05) is 37.3 Å². The number of hydrogen-bond donors (Lipinski definition) is 2. The van der Waals surface area contributed by atoms with E-state index >= 15 is 0 Å². The molecule has 19 heavy (non-hydrogen) atoms. The molecule has 0 saturated carbocycles. The Bertz CT molecular complexity index is 584. The smallest absolute Gasteiger partial charge is 0.257 e. The fourth-order valence-corrected chi connectivity index (χ4v) is 1.96. The van der Waals surface area contributed by atoms with E-state index in [0.717, 1.165) is 12.2 Å². The van der Waals surface area contributed by atoms with Crippen molar-refractivity contribution < 1.29 is 4.79 Å². The highest BCUT2D eigenvalue weighted by molar-refractivity contribution is 6.34. The first kappa shape index (κ1) is 13.4. The van der Waals surface area contributed by atoms with E-state index in [1.54, 1.807) is 18.2 Å². The van der Waals surface area contributed by atoms with Crippen molar-refractivity contribution in [3.8, 4) is 0 Å². The van der Waals surface area contributed by atoms with Gasteiger partial charge in [0.25, 0.3) is 5.91 Å². The standard InChI is InChI=1S/C15H15ClN2O/c1-2-17-13-9-5-3-7-11(13)15(19)18-14-10-6-4-8-12(14)16/h3-10,17H,2H2,1H3,(H,18,19). The summed E-state index contributed by atoms with van der Waals surface area (Å²) in [6.07, 6.45) is 0. The van der Waals surface area contributed by atoms with Gasteiger partial charge in [-0.15, -0.1) is 0 Å². The molecule has 2 N–H and O–H groups in total. The Kier molecular flexibility index (Phi) is 4.42. The van der Waals surface area contributed by atoms with Crippen molar-refractivity contribution in [1.82, 2.24) is 0 Å². The molecule has 0 aliphatic carbocycles. The monoisotopic (exact) mass is 274 g/mol. The Morgan fingerprint density at radius 3 is 2.37 bits per heavy atom. The number of para-hydroxylation sites is 2. The summed E-state index contributed by atoms with van der Waals surface area (Å²) in [7, 11) is 0. The van der Waals surface area contributed by atoms with Crippen LogP contribution in [0, 0.1) is 0 Å². The van der Waals surface area contributed by atoms with Crippen LogP contribution in [0.3, 0.4) is 0 Å². The summed E-state index contributed by atoms with van der Waals surface area (Å²) in [4.78, 5) is 12.3. The third-order valence-electron chi connectivity index (χ3n) is 2.66. The maximum absolute atomic E-state index is 12.3. The number of nitrogens with one attached hydrogen (secondary N) is 2. The third kappa shape index (κ3) is 3.26. The van der Waals surface area contributed by atoms with Crippen LogP contribution >= 0.6 is 11.6 Å². The zero-order chi connectivity index (χ0) is 13.7. The van der Waals surface area contributed by atoms with Gasteiger partial charge in [0.1, 0.15) is 0 Å². The average molecular weight is 275 g/mol. The summed E-state index contributed by atoms with van der Waals surface area (Å²) in [5.74, 6) is -0.176. The number of carbonyl (C=O) groups excluding carboxylic acids is 1. The number of halogens is 1. The van der Waals surface area contributed by atoms with Crippen LogP contribution in [0.4, 0.5) is 11.4 Å². The molecule has 0 heterocycles. The van der Waals surface area contributed by atoms with Crippen molar-refractivity contribution in [2.75, 3.05) is 17.2 Å². The molecule has 2 aromatic rings. The van der Waals surface area contributed by atoms with Crippen LogP contribution < -0.4 is 10.6 Å². The van der Waals surface area contributed by atoms with Gasteiger partial charge in [-0.3, -0.25) is 4.79 Å². The summed E-state index contributed by atoms with van der Waals surface area (Å²) < 4.78 is 0. The summed E-state index contributed by atoms with van der Waals surface area (Å²) in [6, 6.07) is 14.6. The number of amides is 1. The van der Waals surface area contributed by atoms with Gasteiger partial charge in [-0.05, 0) is 31.2 Å². The lowest BCUT2D eigenvalue weighted by Gasteiger charge is -2.11. The number of hydrogen-bond acceptors (Lipinski definition) is 2. The largest absolute Gasteiger partial charge is 0.385 e.